The molecule has 1 heterocycles. The minimum absolute atomic E-state index is 0.0163. The van der Waals surface area contributed by atoms with Gasteiger partial charge in [-0.15, -0.1) is 0 Å². The van der Waals surface area contributed by atoms with Crippen molar-refractivity contribution in [2.45, 2.75) is 199 Å². The molecule has 7 amide bonds. The van der Waals surface area contributed by atoms with Gasteiger partial charge in [-0.1, -0.05) is 103 Å². The highest BCUT2D eigenvalue weighted by atomic mass is 16.3. The third-order valence-electron chi connectivity index (χ3n) is 13.5. The maximum absolute atomic E-state index is 14.5. The number of benzene rings is 1. The van der Waals surface area contributed by atoms with Crippen molar-refractivity contribution in [3.63, 3.8) is 0 Å². The number of nitrogens with two attached hydrogens (primary N) is 4. The molecule has 9 atom stereocenters. The normalized spacial score (nSPS) is 22.9. The van der Waals surface area contributed by atoms with Crippen molar-refractivity contribution in [2.75, 3.05) is 32.7 Å². The average molecular weight is 1070 g/mol. The van der Waals surface area contributed by atoms with E-state index in [1.54, 1.807) is 30.3 Å². The van der Waals surface area contributed by atoms with Crippen LogP contribution in [0.1, 0.15) is 156 Å². The number of aliphatic hydroxyl groups excluding tert-OH is 1. The van der Waals surface area contributed by atoms with Crippen LogP contribution in [0.15, 0.2) is 30.3 Å². The summed E-state index contributed by atoms with van der Waals surface area (Å²) in [7, 11) is 0. The molecule has 0 aromatic heterocycles. The monoisotopic (exact) mass is 1070 g/mol. The molecule has 0 bridgehead atoms. The van der Waals surface area contributed by atoms with Crippen LogP contribution < -0.4 is 60.2 Å². The van der Waals surface area contributed by atoms with Gasteiger partial charge in [0.1, 0.15) is 36.0 Å². The molecular formula is C55H95N11O10. The molecule has 0 aliphatic carbocycles. The molecule has 21 nitrogen and oxygen atoms in total. The van der Waals surface area contributed by atoms with Crippen LogP contribution in [0.3, 0.4) is 0 Å². The zero-order valence-electron chi connectivity index (χ0n) is 46.1. The lowest BCUT2D eigenvalue weighted by Crippen LogP contribution is -2.59. The Morgan fingerprint density at radius 1 is 0.605 bits per heavy atom. The fourth-order valence-electron chi connectivity index (χ4n) is 9.25. The van der Waals surface area contributed by atoms with Crippen LogP contribution >= 0.6 is 0 Å². The van der Waals surface area contributed by atoms with Crippen molar-refractivity contribution in [1.29, 1.82) is 0 Å². The van der Waals surface area contributed by atoms with Crippen LogP contribution in [-0.4, -0.2) is 133 Å². The van der Waals surface area contributed by atoms with Crippen molar-refractivity contribution >= 4 is 52.9 Å². The number of Topliss-reactive ketones (excluding diaryl/α,β-unsaturated/α-hetero) is 2. The first-order chi connectivity index (χ1) is 36.3. The minimum Gasteiger partial charge on any atom is -0.393 e. The number of carbonyl (C=O) groups is 9. The Morgan fingerprint density at radius 3 is 1.74 bits per heavy atom. The topological polar surface area (TPSA) is 362 Å². The third kappa shape index (κ3) is 26.1. The number of aliphatic hydroxyl groups is 1. The van der Waals surface area contributed by atoms with E-state index in [1.807, 2.05) is 27.7 Å². The Hall–Kier alpha value is -5.35. The Labute approximate surface area is 451 Å². The first-order valence-electron chi connectivity index (χ1n) is 27.9. The molecule has 430 valence electrons. The maximum atomic E-state index is 14.5. The summed E-state index contributed by atoms with van der Waals surface area (Å²) in [6, 6.07) is 1.36. The standard InChI is InChI=1S/C55H95N11O10/c1-6-7-8-9-13-19-40(67)34-41(68)32-38(18-14-15-24-56)49(70)62-44-23-28-60-51(72)46(30-36(4)5)65-52(73)42(21-26-58)61-50(71)39(20-25-57)33-48(69)45(29-35(2)3)64-55(76)47(31-37-16-11-10-12-17-37)66-53(74)43(22-27-59)63-54(44)75/h10-12,16-17,35-36,38-40,42-47,67H,6-9,13-15,18-34,56-59H2,1-5H3,(H,60,72)(H,61,71)(H,62,70)(H,63,75)(H,64,76)(H,65,73)(H,66,74)/t38-,39+,40+,42-,43-,44-,45-,46-,47+/m0/s1. The summed E-state index contributed by atoms with van der Waals surface area (Å²) >= 11 is 0. The van der Waals surface area contributed by atoms with E-state index < -0.39 is 101 Å². The van der Waals surface area contributed by atoms with E-state index in [0.717, 1.165) is 32.1 Å². The highest BCUT2D eigenvalue weighted by molar-refractivity contribution is 5.98. The largest absolute Gasteiger partial charge is 0.393 e. The van der Waals surface area contributed by atoms with E-state index >= 15 is 0 Å². The quantitative estimate of drug-likeness (QED) is 0.0525. The molecule has 1 aromatic carbocycles. The summed E-state index contributed by atoms with van der Waals surface area (Å²) in [5.74, 6) is -7.88. The molecule has 1 fully saturated rings. The predicted octanol–water partition coefficient (Wildman–Crippen LogP) is 1.19. The van der Waals surface area contributed by atoms with Crippen LogP contribution in [0.4, 0.5) is 0 Å². The van der Waals surface area contributed by atoms with E-state index in [2.05, 4.69) is 44.1 Å². The van der Waals surface area contributed by atoms with Gasteiger partial charge in [0.15, 0.2) is 5.78 Å². The molecule has 21 heteroatoms. The van der Waals surface area contributed by atoms with Gasteiger partial charge in [0.2, 0.25) is 41.4 Å². The van der Waals surface area contributed by atoms with Gasteiger partial charge in [-0.05, 0) is 101 Å². The van der Waals surface area contributed by atoms with E-state index in [1.165, 1.54) is 0 Å². The van der Waals surface area contributed by atoms with Crippen molar-refractivity contribution < 1.29 is 48.3 Å². The molecular weight excluding hydrogens is 975 g/mol. The van der Waals surface area contributed by atoms with E-state index in [9.17, 15) is 48.3 Å². The summed E-state index contributed by atoms with van der Waals surface area (Å²) in [5, 5.41) is 30.1. The Kier molecular flexibility index (Phi) is 32.9. The average Bonchev–Trinajstić information content (AvgIpc) is 3.36. The lowest BCUT2D eigenvalue weighted by atomic mass is 9.90. The summed E-state index contributed by atoms with van der Waals surface area (Å²) < 4.78 is 0. The lowest BCUT2D eigenvalue weighted by Gasteiger charge is -2.28. The SMILES string of the molecule is CCCCCCC[C@@H](O)CC(=O)C[C@H](CCCCN)C(=O)N[C@H]1CCNC(=O)[C@H](CC(C)C)NC(=O)[C@H](CCN)NC(=O)[C@H](CCN)CC(=O)[C@H](CC(C)C)NC(=O)[C@@H](Cc2ccccc2)NC(=O)[C@H](CCN)NC1=O. The number of unbranched alkanes of at least 4 members (excludes halogenated alkanes) is 5. The first kappa shape index (κ1) is 66.8. The summed E-state index contributed by atoms with van der Waals surface area (Å²) in [5.41, 5.74) is 24.3. The number of hydrogen-bond donors (Lipinski definition) is 12. The number of rotatable bonds is 28. The number of amides is 7. The first-order valence-corrected chi connectivity index (χ1v) is 27.9. The van der Waals surface area contributed by atoms with Gasteiger partial charge in [0, 0.05) is 44.1 Å². The van der Waals surface area contributed by atoms with Crippen molar-refractivity contribution in [1.82, 2.24) is 37.2 Å². The van der Waals surface area contributed by atoms with Gasteiger partial charge in [-0.3, -0.25) is 43.2 Å². The van der Waals surface area contributed by atoms with Crippen molar-refractivity contribution in [2.24, 2.45) is 46.6 Å². The molecule has 0 radical (unpaired) electrons. The number of ketones is 2. The van der Waals surface area contributed by atoms with E-state index in [-0.39, 0.29) is 114 Å². The maximum Gasteiger partial charge on any atom is 0.243 e. The molecule has 1 aromatic rings. The minimum atomic E-state index is -1.40. The van der Waals surface area contributed by atoms with E-state index in [4.69, 9.17) is 22.9 Å². The van der Waals surface area contributed by atoms with Crippen LogP contribution in [0.25, 0.3) is 0 Å². The molecule has 1 aliphatic heterocycles. The lowest BCUT2D eigenvalue weighted by molar-refractivity contribution is -0.136. The molecule has 2 rings (SSSR count). The van der Waals surface area contributed by atoms with Gasteiger partial charge < -0.3 is 65.3 Å². The van der Waals surface area contributed by atoms with Gasteiger partial charge in [-0.25, -0.2) is 0 Å². The van der Waals surface area contributed by atoms with Crippen molar-refractivity contribution in [3.8, 4) is 0 Å². The second kappa shape index (κ2) is 37.4. The number of hydrogen-bond acceptors (Lipinski definition) is 14. The fraction of sp³-hybridized carbons (Fsp3) is 0.727. The molecule has 0 unspecified atom stereocenters. The predicted molar refractivity (Wildman–Crippen MR) is 292 cm³/mol. The smallest absolute Gasteiger partial charge is 0.243 e. The molecule has 0 saturated carbocycles. The Morgan fingerprint density at radius 2 is 1.14 bits per heavy atom. The molecule has 76 heavy (non-hydrogen) atoms. The van der Waals surface area contributed by atoms with E-state index in [0.29, 0.717) is 31.4 Å². The van der Waals surface area contributed by atoms with Gasteiger partial charge in [0.05, 0.1) is 12.1 Å². The summed E-state index contributed by atoms with van der Waals surface area (Å²) in [6.45, 7) is 9.57. The van der Waals surface area contributed by atoms with Crippen LogP contribution in [0, 0.1) is 23.7 Å². The highest BCUT2D eigenvalue weighted by Crippen LogP contribution is 2.20. The zero-order valence-corrected chi connectivity index (χ0v) is 46.1. The number of nitrogens with one attached hydrogen (secondary N) is 7. The summed E-state index contributed by atoms with van der Waals surface area (Å²) in [6.07, 6.45) is 5.11. The van der Waals surface area contributed by atoms with Gasteiger partial charge >= 0.3 is 0 Å². The zero-order chi connectivity index (χ0) is 56.6. The molecule has 1 aliphatic rings. The van der Waals surface area contributed by atoms with Crippen molar-refractivity contribution in [3.05, 3.63) is 35.9 Å². The molecule has 1 saturated heterocycles. The summed E-state index contributed by atoms with van der Waals surface area (Å²) in [4.78, 5) is 127. The second-order valence-corrected chi connectivity index (χ2v) is 21.3. The van der Waals surface area contributed by atoms with Crippen LogP contribution in [0.2, 0.25) is 0 Å². The Bertz CT molecular complexity index is 1960. The van der Waals surface area contributed by atoms with Gasteiger partial charge in [0.25, 0.3) is 0 Å². The second-order valence-electron chi connectivity index (χ2n) is 21.3. The number of carbonyl (C=O) groups excluding carboxylic acids is 9. The molecule has 16 N–H and O–H groups in total. The Balaban J connectivity index is 2.71. The van der Waals surface area contributed by atoms with Crippen LogP contribution in [-0.2, 0) is 49.6 Å². The van der Waals surface area contributed by atoms with Crippen LogP contribution in [0.5, 0.6) is 0 Å². The van der Waals surface area contributed by atoms with Gasteiger partial charge in [-0.2, -0.15) is 0 Å². The fourth-order valence-corrected chi connectivity index (χ4v) is 9.25. The third-order valence-corrected chi connectivity index (χ3v) is 13.5. The highest BCUT2D eigenvalue weighted by Gasteiger charge is 2.36. The molecule has 0 spiro atoms.